The molecule has 0 radical (unpaired) electrons. The molecule has 2 heterocycles. The topological polar surface area (TPSA) is 119 Å². The number of nitrogens with one attached hydrogen (secondary N) is 1. The van der Waals surface area contributed by atoms with E-state index in [0.29, 0.717) is 11.1 Å². The van der Waals surface area contributed by atoms with E-state index in [1.165, 1.54) is 12.1 Å². The van der Waals surface area contributed by atoms with Crippen LogP contribution in [0.1, 0.15) is 49.1 Å². The highest BCUT2D eigenvalue weighted by Crippen LogP contribution is 2.36. The Balaban J connectivity index is 1.34. The van der Waals surface area contributed by atoms with E-state index in [4.69, 9.17) is 9.47 Å². The highest BCUT2D eigenvalue weighted by molar-refractivity contribution is 7.15. The predicted octanol–water partition coefficient (Wildman–Crippen LogP) is 5.29. The zero-order chi connectivity index (χ0) is 30.5. The standard InChI is InChI=1S/C33H28N2O7S/c1-3-41-33(40)28-25(22-15-13-20(2)14-16-22)19-43-29(28)34-27(36)18-42-32(39)26(17-21-9-5-4-6-10-21)35-30(37)23-11-7-8-12-24(23)31(35)38/h4-16,19,26H,3,17-18H2,1-2H3,(H,34,36). The summed E-state index contributed by atoms with van der Waals surface area (Å²) in [7, 11) is 0. The largest absolute Gasteiger partial charge is 0.462 e. The number of benzene rings is 3. The molecule has 1 N–H and O–H groups in total. The fourth-order valence-electron chi connectivity index (χ4n) is 4.81. The van der Waals surface area contributed by atoms with Gasteiger partial charge >= 0.3 is 11.9 Å². The number of ether oxygens (including phenoxy) is 2. The average Bonchev–Trinajstić information content (AvgIpc) is 3.54. The quantitative estimate of drug-likeness (QED) is 0.195. The number of nitrogens with zero attached hydrogens (tertiary/aromatic N) is 1. The average molecular weight is 597 g/mol. The Morgan fingerprint density at radius 2 is 1.47 bits per heavy atom. The van der Waals surface area contributed by atoms with E-state index in [9.17, 15) is 24.0 Å². The van der Waals surface area contributed by atoms with Crippen LogP contribution in [0.15, 0.2) is 84.2 Å². The number of hydrogen-bond donors (Lipinski definition) is 1. The third kappa shape index (κ3) is 6.24. The van der Waals surface area contributed by atoms with Crippen LogP contribution in [0.5, 0.6) is 0 Å². The normalized spacial score (nSPS) is 12.9. The second-order valence-electron chi connectivity index (χ2n) is 9.83. The molecular formula is C33H28N2O7S. The van der Waals surface area contributed by atoms with Crippen LogP contribution >= 0.6 is 11.3 Å². The zero-order valence-electron chi connectivity index (χ0n) is 23.5. The molecule has 1 aliphatic rings. The molecule has 5 rings (SSSR count). The molecular weight excluding hydrogens is 568 g/mol. The molecule has 4 aromatic rings. The van der Waals surface area contributed by atoms with Gasteiger partial charge in [0.25, 0.3) is 17.7 Å². The van der Waals surface area contributed by atoms with Crippen molar-refractivity contribution in [2.45, 2.75) is 26.3 Å². The Hall–Kier alpha value is -5.09. The van der Waals surface area contributed by atoms with E-state index in [2.05, 4.69) is 5.32 Å². The maximum Gasteiger partial charge on any atom is 0.341 e. The highest BCUT2D eigenvalue weighted by atomic mass is 32.1. The summed E-state index contributed by atoms with van der Waals surface area (Å²) in [5.74, 6) is -3.42. The molecule has 1 aliphatic heterocycles. The van der Waals surface area contributed by atoms with Gasteiger partial charge in [-0.25, -0.2) is 9.59 Å². The predicted molar refractivity (Wildman–Crippen MR) is 161 cm³/mol. The minimum absolute atomic E-state index is 0.00457. The molecule has 43 heavy (non-hydrogen) atoms. The van der Waals surface area contributed by atoms with Gasteiger partial charge in [-0.1, -0.05) is 72.3 Å². The summed E-state index contributed by atoms with van der Waals surface area (Å²) < 4.78 is 10.6. The lowest BCUT2D eigenvalue weighted by atomic mass is 10.0. The number of esters is 2. The third-order valence-corrected chi connectivity index (χ3v) is 7.81. The van der Waals surface area contributed by atoms with Crippen molar-refractivity contribution in [1.29, 1.82) is 0 Å². The van der Waals surface area contributed by atoms with Gasteiger partial charge in [-0.3, -0.25) is 19.3 Å². The first-order valence-electron chi connectivity index (χ1n) is 13.6. The minimum Gasteiger partial charge on any atom is -0.462 e. The van der Waals surface area contributed by atoms with E-state index < -0.39 is 42.3 Å². The van der Waals surface area contributed by atoms with Crippen molar-refractivity contribution in [2.75, 3.05) is 18.5 Å². The number of fused-ring (bicyclic) bond motifs is 1. The van der Waals surface area contributed by atoms with Gasteiger partial charge in [0.05, 0.1) is 17.7 Å². The molecule has 3 aromatic carbocycles. The van der Waals surface area contributed by atoms with Crippen LogP contribution in [-0.2, 0) is 25.5 Å². The highest BCUT2D eigenvalue weighted by Gasteiger charge is 2.43. The number of carbonyl (C=O) groups is 5. The fraction of sp³-hybridized carbons (Fsp3) is 0.182. The molecule has 1 atom stereocenters. The minimum atomic E-state index is -1.30. The summed E-state index contributed by atoms with van der Waals surface area (Å²) in [6, 6.07) is 21.5. The molecule has 3 amide bonds. The van der Waals surface area contributed by atoms with Gasteiger partial charge in [-0.15, -0.1) is 11.3 Å². The maximum atomic E-state index is 13.4. The van der Waals surface area contributed by atoms with E-state index in [1.54, 1.807) is 48.7 Å². The van der Waals surface area contributed by atoms with Crippen molar-refractivity contribution in [3.8, 4) is 11.1 Å². The lowest BCUT2D eigenvalue weighted by Crippen LogP contribution is -2.47. The van der Waals surface area contributed by atoms with Crippen LogP contribution in [-0.4, -0.2) is 53.8 Å². The van der Waals surface area contributed by atoms with Gasteiger partial charge in [0.1, 0.15) is 16.6 Å². The Labute approximate surface area is 252 Å². The molecule has 218 valence electrons. The number of imide groups is 1. The second kappa shape index (κ2) is 12.8. The number of amides is 3. The first-order chi connectivity index (χ1) is 20.8. The van der Waals surface area contributed by atoms with Crippen molar-refractivity contribution >= 4 is 46.0 Å². The van der Waals surface area contributed by atoms with Crippen LogP contribution in [0.2, 0.25) is 0 Å². The third-order valence-electron chi connectivity index (χ3n) is 6.91. The number of thiophene rings is 1. The van der Waals surface area contributed by atoms with Gasteiger partial charge < -0.3 is 14.8 Å². The second-order valence-corrected chi connectivity index (χ2v) is 10.7. The van der Waals surface area contributed by atoms with E-state index in [0.717, 1.165) is 27.4 Å². The summed E-state index contributed by atoms with van der Waals surface area (Å²) in [6.07, 6.45) is 0.00457. The maximum absolute atomic E-state index is 13.4. The van der Waals surface area contributed by atoms with Gasteiger partial charge in [0.2, 0.25) is 0 Å². The fourth-order valence-corrected chi connectivity index (χ4v) is 5.78. The zero-order valence-corrected chi connectivity index (χ0v) is 24.3. The molecule has 0 aliphatic carbocycles. The molecule has 0 spiro atoms. The van der Waals surface area contributed by atoms with Crippen molar-refractivity contribution in [3.05, 3.63) is 112 Å². The number of aryl methyl sites for hydroxylation is 1. The van der Waals surface area contributed by atoms with Crippen LogP contribution < -0.4 is 5.32 Å². The van der Waals surface area contributed by atoms with Crippen molar-refractivity contribution in [2.24, 2.45) is 0 Å². The van der Waals surface area contributed by atoms with E-state index in [-0.39, 0.29) is 34.7 Å². The Kier molecular flexibility index (Phi) is 8.77. The molecule has 1 aromatic heterocycles. The molecule has 0 saturated heterocycles. The van der Waals surface area contributed by atoms with E-state index >= 15 is 0 Å². The smallest absolute Gasteiger partial charge is 0.341 e. The van der Waals surface area contributed by atoms with Crippen LogP contribution in [0.25, 0.3) is 11.1 Å². The number of carbonyl (C=O) groups excluding carboxylic acids is 5. The van der Waals surface area contributed by atoms with Gasteiger partial charge in [0.15, 0.2) is 6.61 Å². The molecule has 10 heteroatoms. The van der Waals surface area contributed by atoms with Crippen molar-refractivity contribution < 1.29 is 33.4 Å². The molecule has 0 fully saturated rings. The monoisotopic (exact) mass is 596 g/mol. The Morgan fingerprint density at radius 3 is 2.09 bits per heavy atom. The summed E-state index contributed by atoms with van der Waals surface area (Å²) in [5.41, 5.74) is 3.73. The van der Waals surface area contributed by atoms with Gasteiger partial charge in [-0.2, -0.15) is 0 Å². The molecule has 0 saturated carbocycles. The SMILES string of the molecule is CCOC(=O)c1c(-c2ccc(C)cc2)csc1NC(=O)COC(=O)C(Cc1ccccc1)N1C(=O)c2ccccc2C1=O. The van der Waals surface area contributed by atoms with Gasteiger partial charge in [-0.05, 0) is 37.1 Å². The lowest BCUT2D eigenvalue weighted by Gasteiger charge is -2.24. The molecule has 1 unspecified atom stereocenters. The van der Waals surface area contributed by atoms with Crippen LogP contribution in [0.3, 0.4) is 0 Å². The molecule has 0 bridgehead atoms. The number of anilines is 1. The first kappa shape index (κ1) is 29.4. The Morgan fingerprint density at radius 1 is 0.837 bits per heavy atom. The summed E-state index contributed by atoms with van der Waals surface area (Å²) in [6.45, 7) is 3.09. The van der Waals surface area contributed by atoms with Crippen molar-refractivity contribution in [1.82, 2.24) is 4.90 Å². The summed E-state index contributed by atoms with van der Waals surface area (Å²) in [4.78, 5) is 66.5. The van der Waals surface area contributed by atoms with Crippen molar-refractivity contribution in [3.63, 3.8) is 0 Å². The Bertz CT molecular complexity index is 1660. The number of hydrogen-bond acceptors (Lipinski definition) is 8. The number of rotatable bonds is 10. The first-order valence-corrected chi connectivity index (χ1v) is 14.5. The molecule has 9 nitrogen and oxygen atoms in total. The van der Waals surface area contributed by atoms with Crippen LogP contribution in [0.4, 0.5) is 5.00 Å². The van der Waals surface area contributed by atoms with E-state index in [1.807, 2.05) is 37.3 Å². The van der Waals surface area contributed by atoms with Crippen LogP contribution in [0, 0.1) is 6.92 Å². The summed E-state index contributed by atoms with van der Waals surface area (Å²) in [5, 5.41) is 4.64. The summed E-state index contributed by atoms with van der Waals surface area (Å²) >= 11 is 1.14. The lowest BCUT2D eigenvalue weighted by molar-refractivity contribution is -0.151. The van der Waals surface area contributed by atoms with Gasteiger partial charge in [0, 0.05) is 17.4 Å².